The summed E-state index contributed by atoms with van der Waals surface area (Å²) in [5.74, 6) is -3.14. The third kappa shape index (κ3) is 8.26. The van der Waals surface area contributed by atoms with Gasteiger partial charge in [0.2, 0.25) is 10.0 Å². The molecule has 10 nitrogen and oxygen atoms in total. The third-order valence-corrected chi connectivity index (χ3v) is 3.42. The summed E-state index contributed by atoms with van der Waals surface area (Å²) in [6.45, 7) is -0.0435. The molecule has 0 aromatic carbocycles. The molecule has 0 saturated carbocycles. The Morgan fingerprint density at radius 1 is 1.10 bits per heavy atom. The first-order valence-corrected chi connectivity index (χ1v) is 7.27. The van der Waals surface area contributed by atoms with Gasteiger partial charge in [-0.15, -0.1) is 0 Å². The van der Waals surface area contributed by atoms with Gasteiger partial charge in [0.1, 0.15) is 13.1 Å². The summed E-state index contributed by atoms with van der Waals surface area (Å²) in [5.41, 5.74) is 0. The summed E-state index contributed by atoms with van der Waals surface area (Å²) in [4.78, 5) is 33.1. The summed E-state index contributed by atoms with van der Waals surface area (Å²) in [7, 11) is -3.52. The van der Waals surface area contributed by atoms with Crippen LogP contribution >= 0.6 is 0 Å². The van der Waals surface area contributed by atoms with Crippen molar-refractivity contribution in [3.05, 3.63) is 0 Å². The smallest absolute Gasteiger partial charge is 0.323 e. The van der Waals surface area contributed by atoms with Crippen LogP contribution in [-0.4, -0.2) is 73.4 Å². The van der Waals surface area contributed by atoms with Gasteiger partial charge in [-0.25, -0.2) is 17.9 Å². The number of carboxylic acids is 2. The van der Waals surface area contributed by atoms with Crippen molar-refractivity contribution in [3.63, 3.8) is 0 Å². The highest BCUT2D eigenvalue weighted by Crippen LogP contribution is 1.91. The molecule has 0 aliphatic heterocycles. The summed E-state index contributed by atoms with van der Waals surface area (Å²) < 4.78 is 24.8. The van der Waals surface area contributed by atoms with Gasteiger partial charge in [-0.05, 0) is 0 Å². The maximum atomic E-state index is 11.5. The van der Waals surface area contributed by atoms with E-state index in [0.717, 1.165) is 0 Å². The highest BCUT2D eigenvalue weighted by molar-refractivity contribution is 7.89. The molecule has 11 heteroatoms. The highest BCUT2D eigenvalue weighted by atomic mass is 32.2. The van der Waals surface area contributed by atoms with Gasteiger partial charge in [-0.1, -0.05) is 6.92 Å². The first-order valence-electron chi connectivity index (χ1n) is 5.61. The van der Waals surface area contributed by atoms with E-state index in [2.05, 4.69) is 10.0 Å². The molecule has 0 bridgehead atoms. The summed E-state index contributed by atoms with van der Waals surface area (Å²) in [6, 6.07) is -0.957. The van der Waals surface area contributed by atoms with Gasteiger partial charge in [0.25, 0.3) is 0 Å². The monoisotopic (exact) mass is 311 g/mol. The summed E-state index contributed by atoms with van der Waals surface area (Å²) in [5, 5.41) is 19.2. The number of aliphatic carboxylic acids is 2. The van der Waals surface area contributed by atoms with E-state index in [1.165, 1.54) is 0 Å². The Kier molecular flexibility index (Phi) is 7.54. The standard InChI is InChI=1S/C9H17N3O7S/c1-2-11-20(18,19)4-3-10-9(17)12(5-7(13)14)6-8(15)16/h11H,2-6H2,1H3,(H,10,17)(H,13,14)(H,15,16). The minimum Gasteiger partial charge on any atom is -0.480 e. The molecule has 0 spiro atoms. The Bertz CT molecular complexity index is 446. The van der Waals surface area contributed by atoms with E-state index >= 15 is 0 Å². The van der Waals surface area contributed by atoms with Crippen LogP contribution in [0.15, 0.2) is 0 Å². The summed E-state index contributed by atoms with van der Waals surface area (Å²) >= 11 is 0. The van der Waals surface area contributed by atoms with Gasteiger partial charge in [-0.2, -0.15) is 0 Å². The molecule has 0 aliphatic rings. The Labute approximate surface area is 115 Å². The van der Waals surface area contributed by atoms with Gasteiger partial charge >= 0.3 is 18.0 Å². The lowest BCUT2D eigenvalue weighted by Gasteiger charge is -2.19. The Morgan fingerprint density at radius 3 is 2.00 bits per heavy atom. The lowest BCUT2D eigenvalue weighted by Crippen LogP contribution is -2.46. The second kappa shape index (κ2) is 8.32. The van der Waals surface area contributed by atoms with Crippen LogP contribution in [0.5, 0.6) is 0 Å². The number of nitrogens with zero attached hydrogens (tertiary/aromatic N) is 1. The van der Waals surface area contributed by atoms with E-state index in [-0.39, 0.29) is 18.8 Å². The van der Waals surface area contributed by atoms with Crippen LogP contribution in [0.1, 0.15) is 6.92 Å². The van der Waals surface area contributed by atoms with Crippen molar-refractivity contribution in [1.82, 2.24) is 14.9 Å². The molecular weight excluding hydrogens is 294 g/mol. The highest BCUT2D eigenvalue weighted by Gasteiger charge is 2.19. The van der Waals surface area contributed by atoms with Crippen molar-refractivity contribution in [1.29, 1.82) is 0 Å². The third-order valence-electron chi connectivity index (χ3n) is 1.95. The fourth-order valence-electron chi connectivity index (χ4n) is 1.22. The SMILES string of the molecule is CCNS(=O)(=O)CCNC(=O)N(CC(=O)O)CC(=O)O. The number of carbonyl (C=O) groups excluding carboxylic acids is 1. The van der Waals surface area contributed by atoms with Crippen molar-refractivity contribution < 1.29 is 33.0 Å². The number of hydrogen-bond acceptors (Lipinski definition) is 5. The zero-order valence-electron chi connectivity index (χ0n) is 10.8. The first-order chi connectivity index (χ1) is 9.18. The van der Waals surface area contributed by atoms with Crippen LogP contribution in [0, 0.1) is 0 Å². The minimum atomic E-state index is -3.52. The van der Waals surface area contributed by atoms with Crippen LogP contribution in [0.25, 0.3) is 0 Å². The van der Waals surface area contributed by atoms with Crippen molar-refractivity contribution in [2.24, 2.45) is 0 Å². The van der Waals surface area contributed by atoms with Crippen molar-refractivity contribution in [2.45, 2.75) is 6.92 Å². The first kappa shape index (κ1) is 18.1. The number of amides is 2. The normalized spacial score (nSPS) is 10.8. The van der Waals surface area contributed by atoms with Crippen LogP contribution in [0.3, 0.4) is 0 Å². The minimum absolute atomic E-state index is 0.209. The van der Waals surface area contributed by atoms with Crippen LogP contribution in [0.4, 0.5) is 4.79 Å². The molecule has 116 valence electrons. The van der Waals surface area contributed by atoms with Crippen LogP contribution < -0.4 is 10.0 Å². The van der Waals surface area contributed by atoms with Gasteiger partial charge in [0.15, 0.2) is 0 Å². The average molecular weight is 311 g/mol. The molecule has 0 rings (SSSR count). The van der Waals surface area contributed by atoms with E-state index in [1.54, 1.807) is 6.92 Å². The largest absolute Gasteiger partial charge is 0.480 e. The van der Waals surface area contributed by atoms with Crippen molar-refractivity contribution in [2.75, 3.05) is 31.9 Å². The van der Waals surface area contributed by atoms with Crippen molar-refractivity contribution in [3.8, 4) is 0 Å². The lowest BCUT2D eigenvalue weighted by atomic mass is 10.5. The van der Waals surface area contributed by atoms with Crippen LogP contribution in [0.2, 0.25) is 0 Å². The molecule has 20 heavy (non-hydrogen) atoms. The Balaban J connectivity index is 4.39. The Morgan fingerprint density at radius 2 is 1.60 bits per heavy atom. The van der Waals surface area contributed by atoms with E-state index in [1.807, 2.05) is 0 Å². The summed E-state index contributed by atoms with van der Waals surface area (Å²) in [6.07, 6.45) is 0. The second-order valence-corrected chi connectivity index (χ2v) is 5.62. The fraction of sp³-hybridized carbons (Fsp3) is 0.667. The van der Waals surface area contributed by atoms with Gasteiger partial charge in [0.05, 0.1) is 5.75 Å². The van der Waals surface area contributed by atoms with Crippen molar-refractivity contribution >= 4 is 28.0 Å². The zero-order valence-corrected chi connectivity index (χ0v) is 11.6. The number of carbonyl (C=O) groups is 3. The van der Waals surface area contributed by atoms with Crippen LogP contribution in [-0.2, 0) is 19.6 Å². The maximum absolute atomic E-state index is 11.5. The molecule has 0 heterocycles. The van der Waals surface area contributed by atoms with Gasteiger partial charge < -0.3 is 20.4 Å². The number of nitrogens with one attached hydrogen (secondary N) is 2. The number of urea groups is 1. The molecule has 0 aromatic heterocycles. The van der Waals surface area contributed by atoms with E-state index in [0.29, 0.717) is 4.90 Å². The van der Waals surface area contributed by atoms with E-state index in [9.17, 15) is 22.8 Å². The molecule has 0 unspecified atom stereocenters. The quantitative estimate of drug-likeness (QED) is 0.388. The molecule has 0 atom stereocenters. The number of rotatable bonds is 9. The number of sulfonamides is 1. The molecule has 0 aromatic rings. The van der Waals surface area contributed by atoms with E-state index in [4.69, 9.17) is 10.2 Å². The molecular formula is C9H17N3O7S. The number of hydrogen-bond donors (Lipinski definition) is 4. The topological polar surface area (TPSA) is 153 Å². The number of carboxylic acid groups (broad SMARTS) is 2. The molecule has 0 saturated heterocycles. The predicted molar refractivity (Wildman–Crippen MR) is 67.7 cm³/mol. The molecule has 2 amide bonds. The second-order valence-electron chi connectivity index (χ2n) is 3.69. The van der Waals surface area contributed by atoms with Gasteiger partial charge in [0, 0.05) is 13.1 Å². The molecule has 0 radical (unpaired) electrons. The fourth-order valence-corrected chi connectivity index (χ4v) is 2.18. The maximum Gasteiger partial charge on any atom is 0.323 e. The lowest BCUT2D eigenvalue weighted by molar-refractivity contribution is -0.140. The van der Waals surface area contributed by atoms with Gasteiger partial charge in [-0.3, -0.25) is 9.59 Å². The zero-order chi connectivity index (χ0) is 15.8. The molecule has 0 aliphatic carbocycles. The average Bonchev–Trinajstić information content (AvgIpc) is 2.26. The molecule has 4 N–H and O–H groups in total. The van der Waals surface area contributed by atoms with E-state index < -0.39 is 41.1 Å². The Hall–Kier alpha value is -1.88. The predicted octanol–water partition coefficient (Wildman–Crippen LogP) is -1.89. The molecule has 0 fully saturated rings.